The van der Waals surface area contributed by atoms with Crippen LogP contribution in [0.3, 0.4) is 0 Å². The van der Waals surface area contributed by atoms with E-state index in [0.29, 0.717) is 22.9 Å². The summed E-state index contributed by atoms with van der Waals surface area (Å²) in [5.41, 5.74) is 6.40. The highest BCUT2D eigenvalue weighted by Crippen LogP contribution is 2.34. The molecular formula is C15H16N2O3S. The van der Waals surface area contributed by atoms with Crippen molar-refractivity contribution >= 4 is 23.4 Å². The smallest absolute Gasteiger partial charge is 0.340 e. The maximum atomic E-state index is 11.8. The summed E-state index contributed by atoms with van der Waals surface area (Å²) >= 11 is 1.40. The highest BCUT2D eigenvalue weighted by Gasteiger charge is 2.14. The van der Waals surface area contributed by atoms with Crippen LogP contribution in [-0.4, -0.2) is 24.7 Å². The average Bonchev–Trinajstić information content (AvgIpc) is 2.50. The van der Waals surface area contributed by atoms with E-state index in [-0.39, 0.29) is 0 Å². The van der Waals surface area contributed by atoms with Gasteiger partial charge in [0, 0.05) is 0 Å². The average molecular weight is 304 g/mol. The van der Waals surface area contributed by atoms with Crippen LogP contribution in [0.25, 0.3) is 0 Å². The van der Waals surface area contributed by atoms with Crippen LogP contribution in [0.2, 0.25) is 0 Å². The van der Waals surface area contributed by atoms with Crippen molar-refractivity contribution in [3.05, 3.63) is 42.1 Å². The molecule has 0 aliphatic heterocycles. The number of pyridine rings is 1. The van der Waals surface area contributed by atoms with E-state index in [4.69, 9.17) is 15.2 Å². The standard InChI is InChI=1S/C15H16N2O3S/c1-3-20-15(18)10-8-14(17-9-11(10)16)21-13-7-5-4-6-12(13)19-2/h4-9H,3,16H2,1-2H3. The molecule has 0 aliphatic carbocycles. The van der Waals surface area contributed by atoms with Gasteiger partial charge in [-0.25, -0.2) is 9.78 Å². The second kappa shape index (κ2) is 6.99. The zero-order valence-electron chi connectivity index (χ0n) is 11.8. The van der Waals surface area contributed by atoms with Crippen LogP contribution in [-0.2, 0) is 4.74 Å². The quantitative estimate of drug-likeness (QED) is 0.856. The third-order valence-electron chi connectivity index (χ3n) is 2.69. The number of carbonyl (C=O) groups is 1. The first kappa shape index (κ1) is 15.2. The molecule has 0 spiro atoms. The molecule has 2 N–H and O–H groups in total. The summed E-state index contributed by atoms with van der Waals surface area (Å²) in [6.07, 6.45) is 1.46. The molecule has 0 unspecified atom stereocenters. The topological polar surface area (TPSA) is 74.4 Å². The molecule has 110 valence electrons. The third kappa shape index (κ3) is 3.66. The van der Waals surface area contributed by atoms with E-state index in [1.165, 1.54) is 18.0 Å². The molecule has 0 atom stereocenters. The van der Waals surface area contributed by atoms with E-state index in [9.17, 15) is 4.79 Å². The molecule has 1 aromatic carbocycles. The van der Waals surface area contributed by atoms with Gasteiger partial charge in [0.2, 0.25) is 0 Å². The summed E-state index contributed by atoms with van der Waals surface area (Å²) in [6.45, 7) is 2.05. The van der Waals surface area contributed by atoms with E-state index < -0.39 is 5.97 Å². The first-order chi connectivity index (χ1) is 10.2. The van der Waals surface area contributed by atoms with Gasteiger partial charge in [0.1, 0.15) is 10.8 Å². The Morgan fingerprint density at radius 3 is 2.86 bits per heavy atom. The number of hydrogen-bond donors (Lipinski definition) is 1. The predicted molar refractivity (Wildman–Crippen MR) is 81.7 cm³/mol. The fourth-order valence-corrected chi connectivity index (χ4v) is 2.61. The molecule has 0 radical (unpaired) electrons. The molecule has 0 amide bonds. The summed E-state index contributed by atoms with van der Waals surface area (Å²) in [7, 11) is 1.61. The maximum absolute atomic E-state index is 11.8. The van der Waals surface area contributed by atoms with Crippen molar-refractivity contribution in [1.82, 2.24) is 4.98 Å². The Labute approximate surface area is 127 Å². The van der Waals surface area contributed by atoms with Crippen LogP contribution < -0.4 is 10.5 Å². The van der Waals surface area contributed by atoms with Crippen molar-refractivity contribution in [3.8, 4) is 5.75 Å². The van der Waals surface area contributed by atoms with E-state index in [0.717, 1.165) is 10.6 Å². The summed E-state index contributed by atoms with van der Waals surface area (Å²) in [4.78, 5) is 17.0. The summed E-state index contributed by atoms with van der Waals surface area (Å²) in [6, 6.07) is 9.22. The highest BCUT2D eigenvalue weighted by molar-refractivity contribution is 7.99. The van der Waals surface area contributed by atoms with E-state index >= 15 is 0 Å². The van der Waals surface area contributed by atoms with Crippen LogP contribution in [0, 0.1) is 0 Å². The van der Waals surface area contributed by atoms with Gasteiger partial charge in [-0.3, -0.25) is 0 Å². The monoisotopic (exact) mass is 304 g/mol. The van der Waals surface area contributed by atoms with Crippen molar-refractivity contribution in [2.45, 2.75) is 16.8 Å². The van der Waals surface area contributed by atoms with Crippen LogP contribution in [0.1, 0.15) is 17.3 Å². The van der Waals surface area contributed by atoms with Gasteiger partial charge in [-0.1, -0.05) is 23.9 Å². The van der Waals surface area contributed by atoms with Gasteiger partial charge in [-0.05, 0) is 25.1 Å². The van der Waals surface area contributed by atoms with Crippen LogP contribution in [0.15, 0.2) is 46.5 Å². The third-order valence-corrected chi connectivity index (χ3v) is 3.68. The number of methoxy groups -OCH3 is 1. The lowest BCUT2D eigenvalue weighted by atomic mass is 10.2. The van der Waals surface area contributed by atoms with Gasteiger partial charge in [0.05, 0.1) is 36.1 Å². The molecule has 2 aromatic rings. The molecule has 0 saturated heterocycles. The van der Waals surface area contributed by atoms with Crippen LogP contribution in [0.5, 0.6) is 5.75 Å². The molecule has 21 heavy (non-hydrogen) atoms. The summed E-state index contributed by atoms with van der Waals surface area (Å²) < 4.78 is 10.3. The Kier molecular flexibility index (Phi) is 5.05. The minimum absolute atomic E-state index is 0.301. The van der Waals surface area contributed by atoms with Gasteiger partial charge >= 0.3 is 5.97 Å². The van der Waals surface area contributed by atoms with Crippen LogP contribution in [0.4, 0.5) is 5.69 Å². The Bertz CT molecular complexity index is 647. The number of aromatic nitrogens is 1. The van der Waals surface area contributed by atoms with Crippen molar-refractivity contribution in [2.75, 3.05) is 19.5 Å². The zero-order chi connectivity index (χ0) is 15.2. The number of anilines is 1. The van der Waals surface area contributed by atoms with Crippen molar-refractivity contribution in [3.63, 3.8) is 0 Å². The van der Waals surface area contributed by atoms with Gasteiger partial charge in [0.15, 0.2) is 0 Å². The summed E-state index contributed by atoms with van der Waals surface area (Å²) in [5, 5.41) is 0.650. The molecule has 1 aromatic heterocycles. The molecule has 0 bridgehead atoms. The van der Waals surface area contributed by atoms with Gasteiger partial charge in [-0.2, -0.15) is 0 Å². The zero-order valence-corrected chi connectivity index (χ0v) is 12.6. The number of para-hydroxylation sites is 1. The number of esters is 1. The maximum Gasteiger partial charge on any atom is 0.340 e. The molecule has 0 aliphatic rings. The number of benzene rings is 1. The number of nitrogens with zero attached hydrogens (tertiary/aromatic N) is 1. The lowest BCUT2D eigenvalue weighted by Gasteiger charge is -2.09. The molecule has 1 heterocycles. The highest BCUT2D eigenvalue weighted by atomic mass is 32.2. The first-order valence-electron chi connectivity index (χ1n) is 6.39. The van der Waals surface area contributed by atoms with E-state index in [1.807, 2.05) is 24.3 Å². The first-order valence-corrected chi connectivity index (χ1v) is 7.21. The molecular weight excluding hydrogens is 288 g/mol. The normalized spacial score (nSPS) is 10.2. The van der Waals surface area contributed by atoms with E-state index in [2.05, 4.69) is 4.98 Å². The molecule has 0 saturated carbocycles. The largest absolute Gasteiger partial charge is 0.496 e. The van der Waals surface area contributed by atoms with Gasteiger partial charge in [0.25, 0.3) is 0 Å². The molecule has 5 nitrogen and oxygen atoms in total. The predicted octanol–water partition coefficient (Wildman–Crippen LogP) is 3.00. The number of ether oxygens (including phenoxy) is 2. The number of nitrogen functional groups attached to an aromatic ring is 1. The minimum Gasteiger partial charge on any atom is -0.496 e. The molecule has 2 rings (SSSR count). The Morgan fingerprint density at radius 2 is 2.14 bits per heavy atom. The molecule has 0 fully saturated rings. The fourth-order valence-electron chi connectivity index (χ4n) is 1.70. The van der Waals surface area contributed by atoms with Gasteiger partial charge < -0.3 is 15.2 Å². The van der Waals surface area contributed by atoms with Crippen molar-refractivity contribution in [1.29, 1.82) is 0 Å². The van der Waals surface area contributed by atoms with Crippen molar-refractivity contribution < 1.29 is 14.3 Å². The lowest BCUT2D eigenvalue weighted by Crippen LogP contribution is -2.08. The second-order valence-corrected chi connectivity index (χ2v) is 5.15. The van der Waals surface area contributed by atoms with Crippen molar-refractivity contribution in [2.24, 2.45) is 0 Å². The second-order valence-electron chi connectivity index (χ2n) is 4.08. The number of nitrogens with two attached hydrogens (primary N) is 1. The number of hydrogen-bond acceptors (Lipinski definition) is 6. The lowest BCUT2D eigenvalue weighted by molar-refractivity contribution is 0.0527. The summed E-state index contributed by atoms with van der Waals surface area (Å²) in [5.74, 6) is 0.304. The van der Waals surface area contributed by atoms with E-state index in [1.54, 1.807) is 20.1 Å². The number of carbonyl (C=O) groups excluding carboxylic acids is 1. The minimum atomic E-state index is -0.445. The SMILES string of the molecule is CCOC(=O)c1cc(Sc2ccccc2OC)ncc1N. The number of rotatable bonds is 5. The Balaban J connectivity index is 2.29. The molecule has 6 heteroatoms. The van der Waals surface area contributed by atoms with Crippen LogP contribution >= 0.6 is 11.8 Å². The van der Waals surface area contributed by atoms with Gasteiger partial charge in [-0.15, -0.1) is 0 Å². The Morgan fingerprint density at radius 1 is 1.38 bits per heavy atom. The fraction of sp³-hybridized carbons (Fsp3) is 0.200. The Hall–Kier alpha value is -2.21.